The van der Waals surface area contributed by atoms with E-state index in [1.54, 1.807) is 13.3 Å². The number of nitrogens with zero attached hydrogens (tertiary/aromatic N) is 1. The third-order valence-electron chi connectivity index (χ3n) is 3.57. The fraction of sp³-hybridized carbons (Fsp3) is 0.429. The van der Waals surface area contributed by atoms with Gasteiger partial charge in [-0.05, 0) is 57.7 Å². The second-order valence-electron chi connectivity index (χ2n) is 7.20. The second-order valence-corrected chi connectivity index (χ2v) is 8.09. The van der Waals surface area contributed by atoms with Crippen molar-refractivity contribution < 1.29 is 14.3 Å². The molecule has 0 aliphatic rings. The van der Waals surface area contributed by atoms with E-state index in [4.69, 9.17) is 9.47 Å². The minimum atomic E-state index is -0.626. The smallest absolute Gasteiger partial charge is 0.272 e. The van der Waals surface area contributed by atoms with Gasteiger partial charge in [0.15, 0.2) is 0 Å². The SMILES string of the molecule is COCC#Cc1cnc2c(C)cc(OC(SC)C(=O)NC(C)(C)C)cc2c1. The van der Waals surface area contributed by atoms with Crippen molar-refractivity contribution in [2.75, 3.05) is 20.0 Å². The third-order valence-corrected chi connectivity index (χ3v) is 4.30. The monoisotopic (exact) mass is 386 g/mol. The van der Waals surface area contributed by atoms with Gasteiger partial charge >= 0.3 is 0 Å². The average molecular weight is 387 g/mol. The number of rotatable bonds is 5. The molecule has 0 spiro atoms. The van der Waals surface area contributed by atoms with E-state index in [1.807, 2.05) is 52.1 Å². The normalized spacial score (nSPS) is 12.2. The lowest BCUT2D eigenvalue weighted by Crippen LogP contribution is -2.46. The van der Waals surface area contributed by atoms with Gasteiger partial charge in [-0.25, -0.2) is 0 Å². The molecular weight excluding hydrogens is 360 g/mol. The highest BCUT2D eigenvalue weighted by Crippen LogP contribution is 2.26. The lowest BCUT2D eigenvalue weighted by molar-refractivity contribution is -0.125. The summed E-state index contributed by atoms with van der Waals surface area (Å²) in [5.41, 5.74) is 1.74. The quantitative estimate of drug-likeness (QED) is 0.629. The number of hydrogen-bond donors (Lipinski definition) is 1. The Morgan fingerprint density at radius 2 is 2.07 bits per heavy atom. The molecule has 27 heavy (non-hydrogen) atoms. The summed E-state index contributed by atoms with van der Waals surface area (Å²) in [4.78, 5) is 16.9. The highest BCUT2D eigenvalue weighted by Gasteiger charge is 2.24. The molecule has 0 fully saturated rings. The number of aryl methyl sites for hydroxylation is 1. The van der Waals surface area contributed by atoms with Gasteiger partial charge in [0.2, 0.25) is 5.44 Å². The maximum atomic E-state index is 12.4. The Morgan fingerprint density at radius 1 is 1.33 bits per heavy atom. The number of fused-ring (bicyclic) bond motifs is 1. The molecule has 0 saturated heterocycles. The van der Waals surface area contributed by atoms with Crippen LogP contribution in [0.25, 0.3) is 10.9 Å². The van der Waals surface area contributed by atoms with Crippen molar-refractivity contribution in [2.45, 2.75) is 38.7 Å². The van der Waals surface area contributed by atoms with E-state index < -0.39 is 5.44 Å². The molecule has 1 heterocycles. The molecule has 0 radical (unpaired) electrons. The maximum absolute atomic E-state index is 12.4. The summed E-state index contributed by atoms with van der Waals surface area (Å²) in [6.07, 6.45) is 3.60. The number of carbonyl (C=O) groups excluding carboxylic acids is 1. The van der Waals surface area contributed by atoms with Crippen molar-refractivity contribution in [3.8, 4) is 17.6 Å². The highest BCUT2D eigenvalue weighted by molar-refractivity contribution is 7.99. The molecule has 6 heteroatoms. The fourth-order valence-electron chi connectivity index (χ4n) is 2.51. The molecule has 1 amide bonds. The number of methoxy groups -OCH3 is 1. The van der Waals surface area contributed by atoms with Gasteiger partial charge in [0.1, 0.15) is 12.4 Å². The van der Waals surface area contributed by atoms with Crippen molar-refractivity contribution in [2.24, 2.45) is 0 Å². The van der Waals surface area contributed by atoms with Crippen LogP contribution in [0.5, 0.6) is 5.75 Å². The molecular formula is C21H26N2O3S. The van der Waals surface area contributed by atoms with Crippen LogP contribution in [0.2, 0.25) is 0 Å². The first-order valence-corrected chi connectivity index (χ1v) is 9.92. The Kier molecular flexibility index (Phi) is 7.11. The van der Waals surface area contributed by atoms with Crippen molar-refractivity contribution in [3.05, 3.63) is 35.5 Å². The average Bonchev–Trinajstić information content (AvgIpc) is 2.58. The summed E-state index contributed by atoms with van der Waals surface area (Å²) in [7, 11) is 1.61. The van der Waals surface area contributed by atoms with E-state index in [2.05, 4.69) is 22.1 Å². The largest absolute Gasteiger partial charge is 0.470 e. The first-order valence-electron chi connectivity index (χ1n) is 8.63. The van der Waals surface area contributed by atoms with E-state index in [1.165, 1.54) is 11.8 Å². The molecule has 1 aromatic heterocycles. The molecule has 0 saturated carbocycles. The van der Waals surface area contributed by atoms with Gasteiger partial charge in [0, 0.05) is 29.8 Å². The number of nitrogens with one attached hydrogen (secondary N) is 1. The van der Waals surface area contributed by atoms with E-state index in [-0.39, 0.29) is 11.4 Å². The number of carbonyl (C=O) groups is 1. The maximum Gasteiger partial charge on any atom is 0.272 e. The van der Waals surface area contributed by atoms with E-state index in [9.17, 15) is 4.79 Å². The number of aromatic nitrogens is 1. The van der Waals surface area contributed by atoms with Crippen LogP contribution in [-0.4, -0.2) is 41.8 Å². The van der Waals surface area contributed by atoms with Crippen molar-refractivity contribution in [1.82, 2.24) is 10.3 Å². The molecule has 144 valence electrons. The van der Waals surface area contributed by atoms with E-state index in [0.717, 1.165) is 22.0 Å². The molecule has 1 atom stereocenters. The van der Waals surface area contributed by atoms with Crippen LogP contribution in [-0.2, 0) is 9.53 Å². The lowest BCUT2D eigenvalue weighted by Gasteiger charge is -2.24. The summed E-state index contributed by atoms with van der Waals surface area (Å²) in [6, 6.07) is 5.76. The Balaban J connectivity index is 2.29. The van der Waals surface area contributed by atoms with Crippen LogP contribution in [0, 0.1) is 18.8 Å². The Labute approximate surface area is 165 Å². The molecule has 5 nitrogen and oxygen atoms in total. The molecule has 0 bridgehead atoms. The number of ether oxygens (including phenoxy) is 2. The molecule has 0 aliphatic heterocycles. The first-order chi connectivity index (χ1) is 12.7. The van der Waals surface area contributed by atoms with Crippen LogP contribution in [0.4, 0.5) is 0 Å². The minimum absolute atomic E-state index is 0.148. The lowest BCUT2D eigenvalue weighted by atomic mass is 10.1. The van der Waals surface area contributed by atoms with Crippen LogP contribution in [0.3, 0.4) is 0 Å². The highest BCUT2D eigenvalue weighted by atomic mass is 32.2. The summed E-state index contributed by atoms with van der Waals surface area (Å²) in [5.74, 6) is 6.43. The second kappa shape index (κ2) is 9.12. The van der Waals surface area contributed by atoms with E-state index in [0.29, 0.717) is 12.4 Å². The number of pyridine rings is 1. The van der Waals surface area contributed by atoms with Gasteiger partial charge in [0.25, 0.3) is 5.91 Å². The number of thioether (sulfide) groups is 1. The summed E-state index contributed by atoms with van der Waals surface area (Å²) in [5, 5.41) is 3.87. The predicted octanol–water partition coefficient (Wildman–Crippen LogP) is 3.52. The third kappa shape index (κ3) is 6.16. The summed E-state index contributed by atoms with van der Waals surface area (Å²) >= 11 is 1.36. The zero-order valence-electron chi connectivity index (χ0n) is 16.7. The topological polar surface area (TPSA) is 60.5 Å². The number of amides is 1. The molecule has 1 unspecified atom stereocenters. The molecule has 2 rings (SSSR count). The predicted molar refractivity (Wildman–Crippen MR) is 111 cm³/mol. The molecule has 0 aliphatic carbocycles. The zero-order chi connectivity index (χ0) is 20.0. The van der Waals surface area contributed by atoms with Crippen molar-refractivity contribution in [3.63, 3.8) is 0 Å². The van der Waals surface area contributed by atoms with Crippen LogP contribution < -0.4 is 10.1 Å². The Hall–Kier alpha value is -2.23. The fourth-order valence-corrected chi connectivity index (χ4v) is 2.99. The molecule has 2 aromatic rings. The van der Waals surface area contributed by atoms with Crippen molar-refractivity contribution in [1.29, 1.82) is 0 Å². The van der Waals surface area contributed by atoms with Gasteiger partial charge in [-0.1, -0.05) is 11.8 Å². The molecule has 1 N–H and O–H groups in total. The standard InChI is InChI=1S/C21H26N2O3S/c1-14-10-17(26-20(27-6)19(24)23-21(2,3)4)12-16-11-15(8-7-9-25-5)13-22-18(14)16/h10-13,20H,9H2,1-6H3,(H,23,24). The Bertz CT molecular complexity index is 879. The zero-order valence-corrected chi connectivity index (χ0v) is 17.5. The van der Waals surface area contributed by atoms with Crippen LogP contribution in [0.1, 0.15) is 31.9 Å². The van der Waals surface area contributed by atoms with Crippen LogP contribution in [0.15, 0.2) is 24.4 Å². The van der Waals surface area contributed by atoms with Gasteiger partial charge in [-0.15, -0.1) is 11.8 Å². The number of benzene rings is 1. The van der Waals surface area contributed by atoms with Gasteiger partial charge < -0.3 is 14.8 Å². The van der Waals surface area contributed by atoms with Gasteiger partial charge in [0.05, 0.1) is 5.52 Å². The van der Waals surface area contributed by atoms with E-state index >= 15 is 0 Å². The van der Waals surface area contributed by atoms with Gasteiger partial charge in [-0.3, -0.25) is 9.78 Å². The van der Waals surface area contributed by atoms with Crippen molar-refractivity contribution >= 4 is 28.6 Å². The van der Waals surface area contributed by atoms with Gasteiger partial charge in [-0.2, -0.15) is 0 Å². The first kappa shape index (κ1) is 21.1. The molecule has 1 aromatic carbocycles. The minimum Gasteiger partial charge on any atom is -0.470 e. The Morgan fingerprint density at radius 3 is 2.70 bits per heavy atom. The number of hydrogen-bond acceptors (Lipinski definition) is 5. The van der Waals surface area contributed by atoms with Crippen LogP contribution >= 0.6 is 11.8 Å². The summed E-state index contributed by atoms with van der Waals surface area (Å²) in [6.45, 7) is 8.18. The summed E-state index contributed by atoms with van der Waals surface area (Å²) < 4.78 is 10.9.